The van der Waals surface area contributed by atoms with Gasteiger partial charge in [-0.25, -0.2) is 0 Å². The van der Waals surface area contributed by atoms with Crippen molar-refractivity contribution in [2.45, 2.75) is 0 Å². The van der Waals surface area contributed by atoms with E-state index in [-0.39, 0.29) is 24.0 Å². The fourth-order valence-corrected chi connectivity index (χ4v) is 1.63. The van der Waals surface area contributed by atoms with Crippen LogP contribution in [0.25, 0.3) is 11.1 Å². The van der Waals surface area contributed by atoms with Gasteiger partial charge in [0.15, 0.2) is 5.69 Å². The van der Waals surface area contributed by atoms with Crippen molar-refractivity contribution in [3.8, 4) is 11.1 Å². The molecule has 0 saturated heterocycles. The number of carbonyl (C=O) groups is 1. The SMILES string of the molecule is Cl.NCCNC(=O)c1nocc1-c1ccc(Cl)cc1. The van der Waals surface area contributed by atoms with Crippen molar-refractivity contribution in [2.75, 3.05) is 13.1 Å². The molecule has 0 aliphatic heterocycles. The standard InChI is InChI=1S/C12H12ClN3O2.ClH/c13-9-3-1-8(2-4-9)10-7-18-16-11(10)12(17)15-6-5-14;/h1-4,7H,5-6,14H2,(H,15,17);1H. The summed E-state index contributed by atoms with van der Waals surface area (Å²) >= 11 is 5.81. The van der Waals surface area contributed by atoms with Crippen molar-refractivity contribution < 1.29 is 9.32 Å². The second kappa shape index (κ2) is 7.13. The third-order valence-corrected chi connectivity index (χ3v) is 2.62. The maximum absolute atomic E-state index is 11.8. The van der Waals surface area contributed by atoms with Crippen LogP contribution in [0, 0.1) is 0 Å². The molecule has 0 aliphatic rings. The largest absolute Gasteiger partial charge is 0.363 e. The lowest BCUT2D eigenvalue weighted by Crippen LogP contribution is -2.29. The highest BCUT2D eigenvalue weighted by Gasteiger charge is 2.17. The van der Waals surface area contributed by atoms with Crippen LogP contribution in [0.3, 0.4) is 0 Å². The first-order valence-corrected chi connectivity index (χ1v) is 5.78. The molecule has 2 rings (SSSR count). The second-order valence-corrected chi connectivity index (χ2v) is 4.06. The van der Waals surface area contributed by atoms with Crippen molar-refractivity contribution in [3.05, 3.63) is 41.2 Å². The van der Waals surface area contributed by atoms with Crippen LogP contribution in [0.15, 0.2) is 35.1 Å². The van der Waals surface area contributed by atoms with Crippen LogP contribution in [0.2, 0.25) is 5.02 Å². The number of rotatable bonds is 4. The predicted molar refractivity (Wildman–Crippen MR) is 75.6 cm³/mol. The molecule has 1 amide bonds. The monoisotopic (exact) mass is 301 g/mol. The molecule has 0 fully saturated rings. The summed E-state index contributed by atoms with van der Waals surface area (Å²) in [5.74, 6) is -0.306. The topological polar surface area (TPSA) is 81.1 Å². The van der Waals surface area contributed by atoms with Crippen LogP contribution in [0.1, 0.15) is 10.5 Å². The van der Waals surface area contributed by atoms with Gasteiger partial charge in [0.1, 0.15) is 6.26 Å². The molecular formula is C12H13Cl2N3O2. The highest BCUT2D eigenvalue weighted by Crippen LogP contribution is 2.24. The van der Waals surface area contributed by atoms with E-state index in [0.717, 1.165) is 5.56 Å². The van der Waals surface area contributed by atoms with E-state index in [1.807, 2.05) is 0 Å². The highest BCUT2D eigenvalue weighted by molar-refractivity contribution is 6.30. The summed E-state index contributed by atoms with van der Waals surface area (Å²) in [5.41, 5.74) is 7.01. The first-order chi connectivity index (χ1) is 8.72. The number of aromatic nitrogens is 1. The van der Waals surface area contributed by atoms with Gasteiger partial charge in [0, 0.05) is 18.1 Å². The number of amides is 1. The molecule has 0 atom stereocenters. The fourth-order valence-electron chi connectivity index (χ4n) is 1.50. The van der Waals surface area contributed by atoms with Gasteiger partial charge in [0.25, 0.3) is 5.91 Å². The van der Waals surface area contributed by atoms with Crippen LogP contribution in [-0.4, -0.2) is 24.2 Å². The second-order valence-electron chi connectivity index (χ2n) is 3.63. The molecule has 19 heavy (non-hydrogen) atoms. The molecule has 1 heterocycles. The Morgan fingerprint density at radius 3 is 2.68 bits per heavy atom. The molecule has 1 aromatic carbocycles. The summed E-state index contributed by atoms with van der Waals surface area (Å²) in [6.45, 7) is 0.769. The molecule has 0 saturated carbocycles. The quantitative estimate of drug-likeness (QED) is 0.906. The third-order valence-electron chi connectivity index (χ3n) is 2.37. The number of nitrogens with zero attached hydrogens (tertiary/aromatic N) is 1. The van der Waals surface area contributed by atoms with Crippen molar-refractivity contribution in [1.29, 1.82) is 0 Å². The summed E-state index contributed by atoms with van der Waals surface area (Å²) < 4.78 is 4.86. The Morgan fingerprint density at radius 2 is 2.05 bits per heavy atom. The summed E-state index contributed by atoms with van der Waals surface area (Å²) in [5, 5.41) is 6.98. The van der Waals surface area contributed by atoms with Gasteiger partial charge in [-0.15, -0.1) is 12.4 Å². The van der Waals surface area contributed by atoms with Gasteiger partial charge in [0.05, 0.1) is 5.56 Å². The molecule has 3 N–H and O–H groups in total. The lowest BCUT2D eigenvalue weighted by atomic mass is 10.1. The first kappa shape index (κ1) is 15.5. The predicted octanol–water partition coefficient (Wildman–Crippen LogP) is 2.11. The third kappa shape index (κ3) is 3.70. The first-order valence-electron chi connectivity index (χ1n) is 5.41. The average Bonchev–Trinajstić information content (AvgIpc) is 2.86. The number of benzene rings is 1. The Labute approximate surface area is 121 Å². The summed E-state index contributed by atoms with van der Waals surface area (Å²) in [6.07, 6.45) is 1.43. The Balaban J connectivity index is 0.00000180. The van der Waals surface area contributed by atoms with E-state index >= 15 is 0 Å². The molecule has 0 radical (unpaired) electrons. The van der Waals surface area contributed by atoms with Crippen molar-refractivity contribution in [3.63, 3.8) is 0 Å². The van der Waals surface area contributed by atoms with E-state index < -0.39 is 0 Å². The zero-order valence-electron chi connectivity index (χ0n) is 9.93. The number of carbonyl (C=O) groups excluding carboxylic acids is 1. The van der Waals surface area contributed by atoms with Crippen LogP contribution in [0.5, 0.6) is 0 Å². The summed E-state index contributed by atoms with van der Waals surface area (Å²) in [6, 6.07) is 7.08. The summed E-state index contributed by atoms with van der Waals surface area (Å²) in [7, 11) is 0. The molecule has 0 spiro atoms. The van der Waals surface area contributed by atoms with Crippen LogP contribution < -0.4 is 11.1 Å². The number of halogens is 2. The number of nitrogens with two attached hydrogens (primary N) is 1. The van der Waals surface area contributed by atoms with E-state index in [1.54, 1.807) is 24.3 Å². The minimum absolute atomic E-state index is 0. The van der Waals surface area contributed by atoms with Gasteiger partial charge in [-0.2, -0.15) is 0 Å². The van der Waals surface area contributed by atoms with Gasteiger partial charge in [-0.1, -0.05) is 28.9 Å². The van der Waals surface area contributed by atoms with Crippen molar-refractivity contribution in [1.82, 2.24) is 10.5 Å². The molecule has 2 aromatic rings. The van der Waals surface area contributed by atoms with E-state index in [1.165, 1.54) is 6.26 Å². The van der Waals surface area contributed by atoms with Crippen molar-refractivity contribution >= 4 is 29.9 Å². The molecule has 102 valence electrons. The van der Waals surface area contributed by atoms with Gasteiger partial charge in [0.2, 0.25) is 0 Å². The zero-order valence-corrected chi connectivity index (χ0v) is 11.5. The van der Waals surface area contributed by atoms with Gasteiger partial charge < -0.3 is 15.6 Å². The molecule has 0 aliphatic carbocycles. The Hall–Kier alpha value is -1.56. The maximum atomic E-state index is 11.8. The number of hydrogen-bond donors (Lipinski definition) is 2. The van der Waals surface area contributed by atoms with E-state index in [4.69, 9.17) is 21.9 Å². The smallest absolute Gasteiger partial charge is 0.274 e. The molecule has 7 heteroatoms. The number of nitrogens with one attached hydrogen (secondary N) is 1. The lowest BCUT2D eigenvalue weighted by molar-refractivity contribution is 0.0946. The van der Waals surface area contributed by atoms with Crippen LogP contribution in [0.4, 0.5) is 0 Å². The Kier molecular flexibility index (Phi) is 5.82. The van der Waals surface area contributed by atoms with E-state index in [0.29, 0.717) is 23.7 Å². The molecular weight excluding hydrogens is 289 g/mol. The molecule has 1 aromatic heterocycles. The minimum Gasteiger partial charge on any atom is -0.363 e. The zero-order chi connectivity index (χ0) is 13.0. The number of hydrogen-bond acceptors (Lipinski definition) is 4. The molecule has 0 bridgehead atoms. The van der Waals surface area contributed by atoms with Crippen LogP contribution >= 0.6 is 24.0 Å². The Bertz CT molecular complexity index is 540. The normalized spacial score (nSPS) is 9.79. The maximum Gasteiger partial charge on any atom is 0.274 e. The summed E-state index contributed by atoms with van der Waals surface area (Å²) in [4.78, 5) is 11.8. The molecule has 5 nitrogen and oxygen atoms in total. The lowest BCUT2D eigenvalue weighted by Gasteiger charge is -2.02. The van der Waals surface area contributed by atoms with E-state index in [9.17, 15) is 4.79 Å². The van der Waals surface area contributed by atoms with Gasteiger partial charge >= 0.3 is 0 Å². The van der Waals surface area contributed by atoms with E-state index in [2.05, 4.69) is 10.5 Å². The minimum atomic E-state index is -0.306. The van der Waals surface area contributed by atoms with Crippen molar-refractivity contribution in [2.24, 2.45) is 5.73 Å². The Morgan fingerprint density at radius 1 is 1.37 bits per heavy atom. The van der Waals surface area contributed by atoms with Gasteiger partial charge in [-0.05, 0) is 17.7 Å². The van der Waals surface area contributed by atoms with Crippen LogP contribution in [-0.2, 0) is 0 Å². The average molecular weight is 302 g/mol. The highest BCUT2D eigenvalue weighted by atomic mass is 35.5. The van der Waals surface area contributed by atoms with Gasteiger partial charge in [-0.3, -0.25) is 4.79 Å². The molecule has 0 unspecified atom stereocenters. The fraction of sp³-hybridized carbons (Fsp3) is 0.167.